The largest absolute Gasteiger partial charge is 0.311 e. The molecule has 5 heterocycles. The van der Waals surface area contributed by atoms with Crippen LogP contribution in [0.2, 0.25) is 0 Å². The smallest absolute Gasteiger partial charge is 0.265 e. The molecule has 0 unspecified atom stereocenters. The lowest BCUT2D eigenvalue weighted by Gasteiger charge is -2.44. The Morgan fingerprint density at radius 2 is 0.985 bits per heavy atom. The van der Waals surface area contributed by atoms with Gasteiger partial charge in [-0.1, -0.05) is 166 Å². The van der Waals surface area contributed by atoms with Gasteiger partial charge in [-0.2, -0.15) is 0 Å². The van der Waals surface area contributed by atoms with Crippen LogP contribution in [-0.4, -0.2) is 11.1 Å². The van der Waals surface area contributed by atoms with Crippen LogP contribution in [0, 0.1) is 0 Å². The molecule has 3 aromatic heterocycles. The third kappa shape index (κ3) is 5.07. The number of anilines is 6. The average Bonchev–Trinajstić information content (AvgIpc) is 4.01. The number of aromatic nitrogens is 1. The lowest BCUT2D eigenvalue weighted by atomic mass is 9.35. The van der Waals surface area contributed by atoms with Crippen molar-refractivity contribution in [1.29, 1.82) is 0 Å². The van der Waals surface area contributed by atoms with Gasteiger partial charge < -0.3 is 14.2 Å². The van der Waals surface area contributed by atoms with E-state index in [2.05, 4.69) is 235 Å². The van der Waals surface area contributed by atoms with Crippen molar-refractivity contribution >= 4 is 116 Å². The van der Waals surface area contributed by atoms with Gasteiger partial charge in [0.15, 0.2) is 0 Å². The Kier molecular flexibility index (Phi) is 7.63. The van der Waals surface area contributed by atoms with E-state index in [-0.39, 0.29) is 12.1 Å². The maximum Gasteiger partial charge on any atom is 0.265 e. The van der Waals surface area contributed by atoms with Crippen molar-refractivity contribution in [2.75, 3.05) is 9.80 Å². The molecule has 0 radical (unpaired) electrons. The van der Waals surface area contributed by atoms with Crippen LogP contribution < -0.4 is 25.5 Å². The van der Waals surface area contributed by atoms with E-state index in [1.54, 1.807) is 0 Å². The van der Waals surface area contributed by atoms with Gasteiger partial charge in [-0.05, 0) is 87.6 Å². The molecule has 3 nitrogen and oxygen atoms in total. The van der Waals surface area contributed by atoms with E-state index in [0.29, 0.717) is 0 Å². The van der Waals surface area contributed by atoms with Crippen molar-refractivity contribution in [2.45, 2.75) is 26.2 Å². The van der Waals surface area contributed by atoms with Crippen molar-refractivity contribution in [3.63, 3.8) is 0 Å². The first kappa shape index (κ1) is 36.8. The van der Waals surface area contributed by atoms with E-state index < -0.39 is 0 Å². The molecule has 0 saturated heterocycles. The molecule has 0 N–H and O–H groups in total. The van der Waals surface area contributed by atoms with Gasteiger partial charge in [0, 0.05) is 64.6 Å². The molecule has 12 aromatic rings. The minimum atomic E-state index is -0.0426. The fourth-order valence-electron chi connectivity index (χ4n) is 11.5. The van der Waals surface area contributed by atoms with Crippen LogP contribution in [0.25, 0.3) is 70.4 Å². The van der Waals surface area contributed by atoms with Crippen molar-refractivity contribution in [3.8, 4) is 22.3 Å². The van der Waals surface area contributed by atoms with Crippen LogP contribution in [0.4, 0.5) is 34.1 Å². The Hall–Kier alpha value is -7.60. The Morgan fingerprint density at radius 1 is 0.431 bits per heavy atom. The van der Waals surface area contributed by atoms with Crippen LogP contribution in [0.5, 0.6) is 0 Å². The van der Waals surface area contributed by atoms with Crippen LogP contribution >= 0.6 is 11.3 Å². The predicted octanol–water partition coefficient (Wildman–Crippen LogP) is 14.8. The molecule has 306 valence electrons. The van der Waals surface area contributed by atoms with Crippen LogP contribution in [0.15, 0.2) is 200 Å². The molecular formula is C60H42BN3S. The standard InChI is InChI=1S/C60H42BN3S/c1-60(2,3)39-33-34-53-45(35-39)58-59(65-53)61-55-50(31-18-32-51(55)64(58)47-28-15-11-24-41(47)38-21-8-5-9-22-38)62(46-27-14-10-23-40(46)37-19-6-4-7-20-37)52-36-44-42-25-12-16-29-48(42)63-49-30-17-13-26-43(49)54(56(52)61)57(44)63/h4-36H,1-3H3. The van der Waals surface area contributed by atoms with Crippen molar-refractivity contribution in [2.24, 2.45) is 0 Å². The molecule has 65 heavy (non-hydrogen) atoms. The van der Waals surface area contributed by atoms with Crippen LogP contribution in [0.3, 0.4) is 0 Å². The zero-order valence-corrected chi connectivity index (χ0v) is 37.2. The van der Waals surface area contributed by atoms with Gasteiger partial charge >= 0.3 is 0 Å². The molecule has 0 spiro atoms. The van der Waals surface area contributed by atoms with Gasteiger partial charge in [0.05, 0.1) is 33.6 Å². The molecule has 0 fully saturated rings. The Balaban J connectivity index is 1.18. The van der Waals surface area contributed by atoms with Gasteiger partial charge in [-0.3, -0.25) is 0 Å². The monoisotopic (exact) mass is 847 g/mol. The summed E-state index contributed by atoms with van der Waals surface area (Å²) >= 11 is 1.98. The van der Waals surface area contributed by atoms with E-state index in [1.165, 1.54) is 126 Å². The second-order valence-electron chi connectivity index (χ2n) is 18.8. The summed E-state index contributed by atoms with van der Waals surface area (Å²) in [4.78, 5) is 5.25. The second kappa shape index (κ2) is 13.5. The summed E-state index contributed by atoms with van der Waals surface area (Å²) in [5, 5.41) is 6.51. The summed E-state index contributed by atoms with van der Waals surface area (Å²) in [6, 6.07) is 74.9. The first-order chi connectivity index (χ1) is 31.9. The highest BCUT2D eigenvalue weighted by atomic mass is 32.1. The fourth-order valence-corrected chi connectivity index (χ4v) is 12.7. The molecule has 5 heteroatoms. The summed E-state index contributed by atoms with van der Waals surface area (Å²) in [7, 11) is 0. The summed E-state index contributed by atoms with van der Waals surface area (Å²) in [6.45, 7) is 6.96. The Morgan fingerprint density at radius 3 is 1.66 bits per heavy atom. The van der Waals surface area contributed by atoms with Crippen molar-refractivity contribution in [3.05, 3.63) is 206 Å². The molecule has 0 amide bonds. The number of thiophene rings is 1. The summed E-state index contributed by atoms with van der Waals surface area (Å²) in [6.07, 6.45) is 0. The maximum absolute atomic E-state index is 2.63. The third-order valence-electron chi connectivity index (χ3n) is 14.3. The minimum absolute atomic E-state index is 0.0196. The number of rotatable bonds is 4. The lowest BCUT2D eigenvalue weighted by molar-refractivity contribution is 0.591. The maximum atomic E-state index is 2.63. The van der Waals surface area contributed by atoms with Crippen LogP contribution in [0.1, 0.15) is 26.3 Å². The number of benzene rings is 9. The van der Waals surface area contributed by atoms with Gasteiger partial charge in [0.1, 0.15) is 0 Å². The van der Waals surface area contributed by atoms with Gasteiger partial charge in [-0.15, -0.1) is 11.3 Å². The molecule has 0 bridgehead atoms. The van der Waals surface area contributed by atoms with Gasteiger partial charge in [-0.25, -0.2) is 0 Å². The zero-order valence-electron chi connectivity index (χ0n) is 36.4. The fraction of sp³-hybridized carbons (Fsp3) is 0.0667. The average molecular weight is 848 g/mol. The number of fused-ring (bicyclic) bond motifs is 13. The first-order valence-electron chi connectivity index (χ1n) is 22.7. The van der Waals surface area contributed by atoms with E-state index in [0.717, 1.165) is 0 Å². The minimum Gasteiger partial charge on any atom is -0.311 e. The summed E-state index contributed by atoms with van der Waals surface area (Å²) < 4.78 is 5.24. The quantitative estimate of drug-likeness (QED) is 0.163. The molecule has 0 atom stereocenters. The van der Waals surface area contributed by atoms with E-state index in [9.17, 15) is 0 Å². The first-order valence-corrected chi connectivity index (χ1v) is 23.5. The normalized spacial score (nSPS) is 13.4. The zero-order chi connectivity index (χ0) is 43.1. The molecular weight excluding hydrogens is 806 g/mol. The number of para-hydroxylation sites is 4. The molecule has 14 rings (SSSR count). The van der Waals surface area contributed by atoms with Gasteiger partial charge in [0.25, 0.3) is 6.71 Å². The van der Waals surface area contributed by atoms with Crippen molar-refractivity contribution < 1.29 is 0 Å². The molecule has 2 aliphatic rings. The van der Waals surface area contributed by atoms with Crippen LogP contribution in [-0.2, 0) is 5.41 Å². The lowest BCUT2D eigenvalue weighted by Crippen LogP contribution is -2.60. The Bertz CT molecular complexity index is 3900. The Labute approximate surface area is 382 Å². The number of nitrogens with zero attached hydrogens (tertiary/aromatic N) is 3. The molecule has 0 aliphatic carbocycles. The van der Waals surface area contributed by atoms with E-state index in [4.69, 9.17) is 0 Å². The highest BCUT2D eigenvalue weighted by molar-refractivity contribution is 7.34. The second-order valence-corrected chi connectivity index (χ2v) is 19.9. The van der Waals surface area contributed by atoms with Crippen molar-refractivity contribution in [1.82, 2.24) is 4.40 Å². The van der Waals surface area contributed by atoms with Gasteiger partial charge in [0.2, 0.25) is 0 Å². The third-order valence-corrected chi connectivity index (χ3v) is 15.5. The van der Waals surface area contributed by atoms with E-state index in [1.807, 2.05) is 11.3 Å². The molecule has 2 aliphatic heterocycles. The number of hydrogen-bond donors (Lipinski definition) is 0. The predicted molar refractivity (Wildman–Crippen MR) is 280 cm³/mol. The topological polar surface area (TPSA) is 10.9 Å². The number of hydrogen-bond acceptors (Lipinski definition) is 3. The highest BCUT2D eigenvalue weighted by Gasteiger charge is 2.47. The summed E-state index contributed by atoms with van der Waals surface area (Å²) in [5.41, 5.74) is 19.9. The molecule has 0 saturated carbocycles. The SMILES string of the molecule is CC(C)(C)c1ccc2sc3c(c2c1)N(c1ccccc1-c1ccccc1)c1cccc2c1B3c1c(cc3c4ccccc4n4c5ccccc5c1c34)N2c1ccccc1-c1ccccc1. The van der Waals surface area contributed by atoms with E-state index >= 15 is 0 Å². The summed E-state index contributed by atoms with van der Waals surface area (Å²) in [5.74, 6) is 0. The molecule has 9 aromatic carbocycles. The highest BCUT2D eigenvalue weighted by Crippen LogP contribution is 2.53.